The van der Waals surface area contributed by atoms with Gasteiger partial charge in [-0.2, -0.15) is 4.39 Å². The second-order valence-electron chi connectivity index (χ2n) is 5.79. The van der Waals surface area contributed by atoms with Gasteiger partial charge in [0.05, 0.1) is 6.54 Å². The molecule has 6 nitrogen and oxygen atoms in total. The standard InChI is InChI=1S/C14H18FN3O3/c1-9(2)7-18(11-5-4-6-16-12(11)15)8-10(13(19)20)17(3)14(18)21/h4-6,9-10H,7-8H2,1-3H3/p+1. The lowest BCUT2D eigenvalue weighted by atomic mass is 10.1. The van der Waals surface area contributed by atoms with Gasteiger partial charge < -0.3 is 5.11 Å². The molecule has 0 radical (unpaired) electrons. The fraction of sp³-hybridized carbons (Fsp3) is 0.500. The number of carboxylic acids is 1. The van der Waals surface area contributed by atoms with Gasteiger partial charge in [0.1, 0.15) is 6.54 Å². The number of urea groups is 1. The van der Waals surface area contributed by atoms with Gasteiger partial charge >= 0.3 is 12.0 Å². The van der Waals surface area contributed by atoms with Crippen molar-refractivity contribution in [2.75, 3.05) is 20.1 Å². The SMILES string of the molecule is CC(C)C[N+]1(c2cccnc2F)CC(C(=O)O)N(C)C1=O. The van der Waals surface area contributed by atoms with E-state index in [9.17, 15) is 19.1 Å². The van der Waals surface area contributed by atoms with Crippen molar-refractivity contribution in [2.45, 2.75) is 19.9 Å². The summed E-state index contributed by atoms with van der Waals surface area (Å²) < 4.78 is 13.8. The van der Waals surface area contributed by atoms with Crippen LogP contribution in [-0.4, -0.2) is 53.2 Å². The zero-order valence-corrected chi connectivity index (χ0v) is 12.3. The largest absolute Gasteiger partial charge is 0.480 e. The number of amides is 2. The molecule has 1 aromatic rings. The first-order valence-corrected chi connectivity index (χ1v) is 6.78. The van der Waals surface area contributed by atoms with Crippen molar-refractivity contribution in [3.63, 3.8) is 0 Å². The molecule has 0 aliphatic carbocycles. The molecule has 0 spiro atoms. The molecule has 21 heavy (non-hydrogen) atoms. The normalized spacial score (nSPS) is 25.7. The van der Waals surface area contributed by atoms with Crippen LogP contribution in [0.5, 0.6) is 0 Å². The van der Waals surface area contributed by atoms with Crippen LogP contribution in [-0.2, 0) is 4.79 Å². The van der Waals surface area contributed by atoms with Crippen LogP contribution < -0.4 is 4.48 Å². The summed E-state index contributed by atoms with van der Waals surface area (Å²) in [7, 11) is 1.44. The summed E-state index contributed by atoms with van der Waals surface area (Å²) in [5.74, 6) is -1.72. The minimum Gasteiger partial charge on any atom is -0.480 e. The van der Waals surface area contributed by atoms with E-state index in [1.54, 1.807) is 6.07 Å². The van der Waals surface area contributed by atoms with Crippen LogP contribution in [0.3, 0.4) is 0 Å². The maximum Gasteiger partial charge on any atom is 0.425 e. The number of aliphatic carboxylic acids is 1. The predicted molar refractivity (Wildman–Crippen MR) is 75.1 cm³/mol. The number of carbonyl (C=O) groups is 2. The molecule has 2 unspecified atom stereocenters. The first-order valence-electron chi connectivity index (χ1n) is 6.78. The molecule has 1 aromatic heterocycles. The maximum absolute atomic E-state index is 14.1. The summed E-state index contributed by atoms with van der Waals surface area (Å²) in [6.45, 7) is 4.16. The minimum absolute atomic E-state index is 0.00542. The fourth-order valence-electron chi connectivity index (χ4n) is 2.95. The van der Waals surface area contributed by atoms with Crippen LogP contribution in [0.25, 0.3) is 0 Å². The van der Waals surface area contributed by atoms with Crippen molar-refractivity contribution < 1.29 is 19.1 Å². The van der Waals surface area contributed by atoms with Gasteiger partial charge in [-0.15, -0.1) is 0 Å². The Bertz CT molecular complexity index is 578. The topological polar surface area (TPSA) is 70.5 Å². The van der Waals surface area contributed by atoms with Crippen molar-refractivity contribution in [2.24, 2.45) is 5.92 Å². The third-order valence-electron chi connectivity index (χ3n) is 3.78. The van der Waals surface area contributed by atoms with E-state index in [0.29, 0.717) is 6.54 Å². The van der Waals surface area contributed by atoms with Gasteiger partial charge in [-0.3, -0.25) is 4.90 Å². The number of quaternary nitrogens is 1. The Morgan fingerprint density at radius 3 is 2.76 bits per heavy atom. The van der Waals surface area contributed by atoms with Crippen LogP contribution in [0.2, 0.25) is 0 Å². The highest BCUT2D eigenvalue weighted by atomic mass is 19.1. The van der Waals surface area contributed by atoms with E-state index in [2.05, 4.69) is 4.98 Å². The average Bonchev–Trinajstić information content (AvgIpc) is 2.65. The molecular formula is C14H19FN3O3+. The van der Waals surface area contributed by atoms with Gasteiger partial charge in [-0.05, 0) is 6.07 Å². The first-order chi connectivity index (χ1) is 9.79. The maximum atomic E-state index is 14.1. The molecule has 0 aromatic carbocycles. The molecule has 2 rings (SSSR count). The summed E-state index contributed by atoms with van der Waals surface area (Å²) >= 11 is 0. The second kappa shape index (κ2) is 5.40. The van der Waals surface area contributed by atoms with E-state index in [1.807, 2.05) is 13.8 Å². The number of hydrogen-bond donors (Lipinski definition) is 1. The number of carbonyl (C=O) groups excluding carboxylic acids is 1. The number of likely N-dealkylation sites (N-methyl/N-ethyl adjacent to an activating group) is 1. The fourth-order valence-corrected chi connectivity index (χ4v) is 2.95. The molecule has 1 N–H and O–H groups in total. The van der Waals surface area contributed by atoms with Crippen LogP contribution in [0.1, 0.15) is 13.8 Å². The van der Waals surface area contributed by atoms with Crippen molar-refractivity contribution in [1.29, 1.82) is 0 Å². The van der Waals surface area contributed by atoms with Crippen molar-refractivity contribution in [3.8, 4) is 0 Å². The summed E-state index contributed by atoms with van der Waals surface area (Å²) in [6.07, 6.45) is 1.31. The van der Waals surface area contributed by atoms with Crippen LogP contribution in [0.4, 0.5) is 14.9 Å². The third-order valence-corrected chi connectivity index (χ3v) is 3.78. The van der Waals surface area contributed by atoms with Gasteiger partial charge in [0.2, 0.25) is 0 Å². The zero-order valence-electron chi connectivity index (χ0n) is 12.3. The van der Waals surface area contributed by atoms with Gasteiger partial charge in [0.25, 0.3) is 5.95 Å². The molecule has 0 bridgehead atoms. The minimum atomic E-state index is -1.08. The highest BCUT2D eigenvalue weighted by Gasteiger charge is 2.56. The molecular weight excluding hydrogens is 277 g/mol. The Kier molecular flexibility index (Phi) is 3.95. The Morgan fingerprint density at radius 1 is 1.62 bits per heavy atom. The van der Waals surface area contributed by atoms with E-state index in [-0.39, 0.29) is 22.6 Å². The van der Waals surface area contributed by atoms with E-state index in [0.717, 1.165) is 0 Å². The molecule has 1 fully saturated rings. The van der Waals surface area contributed by atoms with E-state index >= 15 is 0 Å². The van der Waals surface area contributed by atoms with Crippen molar-refractivity contribution >= 4 is 17.7 Å². The number of hydrogen-bond acceptors (Lipinski definition) is 3. The van der Waals surface area contributed by atoms with Gasteiger partial charge in [-0.25, -0.2) is 19.1 Å². The average molecular weight is 296 g/mol. The Hall–Kier alpha value is -2.02. The molecule has 0 saturated carbocycles. The third kappa shape index (κ3) is 2.49. The highest BCUT2D eigenvalue weighted by molar-refractivity contribution is 5.94. The summed E-state index contributed by atoms with van der Waals surface area (Å²) in [6, 6.07) is 1.68. The lowest BCUT2D eigenvalue weighted by Crippen LogP contribution is -2.54. The molecule has 7 heteroatoms. The van der Waals surface area contributed by atoms with Crippen LogP contribution in [0.15, 0.2) is 18.3 Å². The molecule has 1 aliphatic heterocycles. The van der Waals surface area contributed by atoms with Crippen molar-refractivity contribution in [3.05, 3.63) is 24.3 Å². The molecule has 114 valence electrons. The monoisotopic (exact) mass is 296 g/mol. The molecule has 2 heterocycles. The zero-order chi connectivity index (χ0) is 15.8. The lowest BCUT2D eigenvalue weighted by Gasteiger charge is -2.31. The second-order valence-corrected chi connectivity index (χ2v) is 5.79. The summed E-state index contributed by atoms with van der Waals surface area (Å²) in [5, 5.41) is 9.27. The quantitative estimate of drug-likeness (QED) is 0.678. The van der Waals surface area contributed by atoms with Gasteiger partial charge in [0, 0.05) is 25.2 Å². The molecule has 1 saturated heterocycles. The lowest BCUT2D eigenvalue weighted by molar-refractivity contribution is -0.140. The van der Waals surface area contributed by atoms with Gasteiger partial charge in [-0.1, -0.05) is 13.8 Å². The molecule has 2 amide bonds. The first kappa shape index (κ1) is 15.4. The molecule has 1 aliphatic rings. The van der Waals surface area contributed by atoms with E-state index in [1.165, 1.54) is 24.2 Å². The van der Waals surface area contributed by atoms with E-state index in [4.69, 9.17) is 0 Å². The number of pyridine rings is 1. The summed E-state index contributed by atoms with van der Waals surface area (Å²) in [4.78, 5) is 28.8. The number of rotatable bonds is 4. The predicted octanol–water partition coefficient (Wildman–Crippen LogP) is 1.70. The molecule has 2 atom stereocenters. The van der Waals surface area contributed by atoms with Crippen molar-refractivity contribution in [1.82, 2.24) is 14.4 Å². The Morgan fingerprint density at radius 2 is 2.29 bits per heavy atom. The summed E-state index contributed by atoms with van der Waals surface area (Å²) in [5.41, 5.74) is 0.131. The number of aromatic nitrogens is 1. The van der Waals surface area contributed by atoms with Crippen LogP contribution >= 0.6 is 0 Å². The van der Waals surface area contributed by atoms with Crippen LogP contribution in [0, 0.1) is 11.9 Å². The Labute approximate surface area is 122 Å². The smallest absolute Gasteiger partial charge is 0.425 e. The van der Waals surface area contributed by atoms with E-state index < -0.39 is 24.0 Å². The number of halogens is 1. The Balaban J connectivity index is 2.57. The number of carboxylic acid groups (broad SMARTS) is 1. The van der Waals surface area contributed by atoms with Gasteiger partial charge in [0.15, 0.2) is 11.7 Å². The number of nitrogens with zero attached hydrogens (tertiary/aromatic N) is 3. The highest BCUT2D eigenvalue weighted by Crippen LogP contribution is 2.34.